The maximum atomic E-state index is 11.2. The van der Waals surface area contributed by atoms with Crippen molar-refractivity contribution in [2.75, 3.05) is 19.8 Å². The third kappa shape index (κ3) is 3.20. The SMILES string of the molecule is O=C(O)C(COc1ccccc1)C1CCOC1. The van der Waals surface area contributed by atoms with E-state index in [1.807, 2.05) is 30.3 Å². The van der Waals surface area contributed by atoms with Gasteiger partial charge in [-0.05, 0) is 18.6 Å². The number of para-hydroxylation sites is 1. The standard InChI is InChI=1S/C13H16O4/c14-13(15)12(10-6-7-16-8-10)9-17-11-4-2-1-3-5-11/h1-5,10,12H,6-9H2,(H,14,15). The highest BCUT2D eigenvalue weighted by Crippen LogP contribution is 2.23. The Bertz CT molecular complexity index is 357. The molecule has 0 amide bonds. The van der Waals surface area contributed by atoms with E-state index in [4.69, 9.17) is 9.47 Å². The van der Waals surface area contributed by atoms with Crippen molar-refractivity contribution in [2.45, 2.75) is 6.42 Å². The lowest BCUT2D eigenvalue weighted by Gasteiger charge is -2.18. The maximum Gasteiger partial charge on any atom is 0.310 e. The molecular formula is C13H16O4. The first-order valence-electron chi connectivity index (χ1n) is 5.76. The van der Waals surface area contributed by atoms with Crippen LogP contribution < -0.4 is 4.74 Å². The summed E-state index contributed by atoms with van der Waals surface area (Å²) < 4.78 is 10.7. The molecule has 0 bridgehead atoms. The zero-order valence-corrected chi connectivity index (χ0v) is 9.54. The zero-order valence-electron chi connectivity index (χ0n) is 9.54. The summed E-state index contributed by atoms with van der Waals surface area (Å²) in [5, 5.41) is 9.18. The van der Waals surface area contributed by atoms with E-state index in [1.54, 1.807) is 0 Å². The second-order valence-electron chi connectivity index (χ2n) is 4.19. The Balaban J connectivity index is 1.92. The van der Waals surface area contributed by atoms with Gasteiger partial charge in [-0.2, -0.15) is 0 Å². The molecule has 2 rings (SSSR count). The Kier molecular flexibility index (Phi) is 3.98. The number of aliphatic carboxylic acids is 1. The minimum atomic E-state index is -0.809. The van der Waals surface area contributed by atoms with E-state index < -0.39 is 11.9 Å². The highest BCUT2D eigenvalue weighted by atomic mass is 16.5. The summed E-state index contributed by atoms with van der Waals surface area (Å²) in [5.74, 6) is -0.525. The minimum absolute atomic E-state index is 0.0659. The van der Waals surface area contributed by atoms with Crippen LogP contribution in [0.5, 0.6) is 5.75 Å². The fourth-order valence-corrected chi connectivity index (χ4v) is 1.98. The molecule has 1 heterocycles. The van der Waals surface area contributed by atoms with Crippen LogP contribution in [0.15, 0.2) is 30.3 Å². The van der Waals surface area contributed by atoms with Crippen molar-refractivity contribution in [1.82, 2.24) is 0 Å². The molecule has 2 unspecified atom stereocenters. The molecule has 92 valence electrons. The van der Waals surface area contributed by atoms with E-state index in [2.05, 4.69) is 0 Å². The molecule has 17 heavy (non-hydrogen) atoms. The summed E-state index contributed by atoms with van der Waals surface area (Å²) >= 11 is 0. The molecular weight excluding hydrogens is 220 g/mol. The molecule has 1 aliphatic heterocycles. The van der Waals surface area contributed by atoms with Crippen LogP contribution in [-0.2, 0) is 9.53 Å². The molecule has 1 aromatic rings. The molecule has 4 heteroatoms. The predicted molar refractivity (Wildman–Crippen MR) is 62.0 cm³/mol. The Morgan fingerprint density at radius 1 is 1.47 bits per heavy atom. The van der Waals surface area contributed by atoms with Crippen LogP contribution in [0.1, 0.15) is 6.42 Å². The van der Waals surface area contributed by atoms with Gasteiger partial charge in [0, 0.05) is 12.5 Å². The topological polar surface area (TPSA) is 55.8 Å². The Morgan fingerprint density at radius 3 is 2.82 bits per heavy atom. The molecule has 1 N–H and O–H groups in total. The molecule has 1 saturated heterocycles. The zero-order chi connectivity index (χ0) is 12.1. The van der Waals surface area contributed by atoms with E-state index in [9.17, 15) is 9.90 Å². The average molecular weight is 236 g/mol. The third-order valence-electron chi connectivity index (χ3n) is 3.02. The van der Waals surface area contributed by atoms with Gasteiger partial charge < -0.3 is 14.6 Å². The quantitative estimate of drug-likeness (QED) is 0.847. The van der Waals surface area contributed by atoms with E-state index in [0.29, 0.717) is 19.0 Å². The number of benzene rings is 1. The van der Waals surface area contributed by atoms with Crippen LogP contribution >= 0.6 is 0 Å². The van der Waals surface area contributed by atoms with Gasteiger partial charge in [-0.25, -0.2) is 0 Å². The lowest BCUT2D eigenvalue weighted by Crippen LogP contribution is -2.29. The van der Waals surface area contributed by atoms with Gasteiger partial charge in [0.05, 0.1) is 12.5 Å². The van der Waals surface area contributed by atoms with Gasteiger partial charge in [-0.15, -0.1) is 0 Å². The number of hydrogen-bond donors (Lipinski definition) is 1. The normalized spacial score (nSPS) is 21.1. The Labute approximate surface area is 100 Å². The fourth-order valence-electron chi connectivity index (χ4n) is 1.98. The first-order chi connectivity index (χ1) is 8.27. The lowest BCUT2D eigenvalue weighted by molar-refractivity contribution is -0.145. The Hall–Kier alpha value is -1.55. The number of carbonyl (C=O) groups is 1. The molecule has 1 fully saturated rings. The number of ether oxygens (including phenoxy) is 2. The molecule has 0 aliphatic carbocycles. The summed E-state index contributed by atoms with van der Waals surface area (Å²) in [7, 11) is 0. The van der Waals surface area contributed by atoms with Crippen LogP contribution in [-0.4, -0.2) is 30.9 Å². The largest absolute Gasteiger partial charge is 0.493 e. The first-order valence-corrected chi connectivity index (χ1v) is 5.76. The summed E-state index contributed by atoms with van der Waals surface area (Å²) in [6.07, 6.45) is 0.801. The third-order valence-corrected chi connectivity index (χ3v) is 3.02. The van der Waals surface area contributed by atoms with Gasteiger partial charge in [0.25, 0.3) is 0 Å². The van der Waals surface area contributed by atoms with Gasteiger partial charge in [0.15, 0.2) is 0 Å². The second-order valence-corrected chi connectivity index (χ2v) is 4.19. The van der Waals surface area contributed by atoms with E-state index >= 15 is 0 Å². The van der Waals surface area contributed by atoms with Gasteiger partial charge in [0.1, 0.15) is 12.4 Å². The maximum absolute atomic E-state index is 11.2. The number of hydrogen-bond acceptors (Lipinski definition) is 3. The number of carboxylic acids is 1. The molecule has 0 aromatic heterocycles. The van der Waals surface area contributed by atoms with Crippen molar-refractivity contribution < 1.29 is 19.4 Å². The van der Waals surface area contributed by atoms with Crippen LogP contribution in [0, 0.1) is 11.8 Å². The first kappa shape index (κ1) is 11.9. The Morgan fingerprint density at radius 2 is 2.24 bits per heavy atom. The number of rotatable bonds is 5. The highest BCUT2D eigenvalue weighted by Gasteiger charge is 2.31. The van der Waals surface area contributed by atoms with E-state index in [1.165, 1.54) is 0 Å². The van der Waals surface area contributed by atoms with Gasteiger partial charge in [0.2, 0.25) is 0 Å². The molecule has 4 nitrogen and oxygen atoms in total. The van der Waals surface area contributed by atoms with E-state index in [-0.39, 0.29) is 12.5 Å². The summed E-state index contributed by atoms with van der Waals surface area (Å²) in [6.45, 7) is 1.38. The number of carboxylic acid groups (broad SMARTS) is 1. The van der Waals surface area contributed by atoms with Crippen LogP contribution in [0.2, 0.25) is 0 Å². The fraction of sp³-hybridized carbons (Fsp3) is 0.462. The van der Waals surface area contributed by atoms with Crippen molar-refractivity contribution in [3.05, 3.63) is 30.3 Å². The second kappa shape index (κ2) is 5.68. The summed E-state index contributed by atoms with van der Waals surface area (Å²) in [6, 6.07) is 9.27. The molecule has 0 spiro atoms. The molecule has 0 radical (unpaired) electrons. The van der Waals surface area contributed by atoms with Gasteiger partial charge in [-0.1, -0.05) is 18.2 Å². The van der Waals surface area contributed by atoms with Crippen LogP contribution in [0.3, 0.4) is 0 Å². The van der Waals surface area contributed by atoms with Crippen LogP contribution in [0.4, 0.5) is 0 Å². The van der Waals surface area contributed by atoms with Gasteiger partial charge in [-0.3, -0.25) is 4.79 Å². The predicted octanol–water partition coefficient (Wildman–Crippen LogP) is 1.80. The minimum Gasteiger partial charge on any atom is -0.493 e. The highest BCUT2D eigenvalue weighted by molar-refractivity contribution is 5.70. The average Bonchev–Trinajstić information content (AvgIpc) is 2.84. The molecule has 1 aromatic carbocycles. The molecule has 1 aliphatic rings. The molecule has 2 atom stereocenters. The summed E-state index contributed by atoms with van der Waals surface area (Å²) in [4.78, 5) is 11.2. The van der Waals surface area contributed by atoms with Crippen molar-refractivity contribution >= 4 is 5.97 Å². The monoisotopic (exact) mass is 236 g/mol. The van der Waals surface area contributed by atoms with E-state index in [0.717, 1.165) is 6.42 Å². The van der Waals surface area contributed by atoms with Crippen molar-refractivity contribution in [3.63, 3.8) is 0 Å². The van der Waals surface area contributed by atoms with Crippen molar-refractivity contribution in [3.8, 4) is 5.75 Å². The molecule has 0 saturated carbocycles. The van der Waals surface area contributed by atoms with Crippen LogP contribution in [0.25, 0.3) is 0 Å². The lowest BCUT2D eigenvalue weighted by atomic mass is 9.92. The van der Waals surface area contributed by atoms with Crippen molar-refractivity contribution in [1.29, 1.82) is 0 Å². The smallest absolute Gasteiger partial charge is 0.310 e. The summed E-state index contributed by atoms with van der Waals surface area (Å²) in [5.41, 5.74) is 0. The van der Waals surface area contributed by atoms with Gasteiger partial charge >= 0.3 is 5.97 Å². The van der Waals surface area contributed by atoms with Crippen molar-refractivity contribution in [2.24, 2.45) is 11.8 Å².